The Balaban J connectivity index is 1.83. The van der Waals surface area contributed by atoms with Crippen LogP contribution in [0.3, 0.4) is 0 Å². The van der Waals surface area contributed by atoms with E-state index in [1.807, 2.05) is 0 Å². The van der Waals surface area contributed by atoms with E-state index in [1.165, 1.54) is 24.8 Å². The highest BCUT2D eigenvalue weighted by Gasteiger charge is 2.17. The number of carbonyl (C=O) groups is 2. The number of amides is 2. The van der Waals surface area contributed by atoms with Gasteiger partial charge in [0.2, 0.25) is 11.8 Å². The number of carbonyl (C=O) groups excluding carboxylic acids is 2. The number of ether oxygens (including phenoxy) is 2. The van der Waals surface area contributed by atoms with E-state index in [-0.39, 0.29) is 11.8 Å². The summed E-state index contributed by atoms with van der Waals surface area (Å²) >= 11 is 0. The van der Waals surface area contributed by atoms with E-state index >= 15 is 0 Å². The molecule has 1 atom stereocenters. The number of aromatic nitrogens is 1. The van der Waals surface area contributed by atoms with Crippen LogP contribution < -0.4 is 15.4 Å². The monoisotopic (exact) mass is 333 g/mol. The maximum Gasteiger partial charge on any atom is 0.255 e. The molecular formula is C16H19N3O5. The predicted molar refractivity (Wildman–Crippen MR) is 85.9 cm³/mol. The van der Waals surface area contributed by atoms with Crippen LogP contribution in [0.15, 0.2) is 41.3 Å². The van der Waals surface area contributed by atoms with Crippen LogP contribution >= 0.6 is 0 Å². The Morgan fingerprint density at radius 1 is 1.29 bits per heavy atom. The van der Waals surface area contributed by atoms with Crippen LogP contribution in [0.1, 0.15) is 17.3 Å². The number of anilines is 1. The van der Waals surface area contributed by atoms with Gasteiger partial charge in [0.05, 0.1) is 30.3 Å². The van der Waals surface area contributed by atoms with Gasteiger partial charge in [-0.1, -0.05) is 0 Å². The lowest BCUT2D eigenvalue weighted by molar-refractivity contribution is -0.117. The molecule has 0 fully saturated rings. The number of nitrogens with zero attached hydrogens (tertiary/aromatic N) is 1. The van der Waals surface area contributed by atoms with Gasteiger partial charge in [0.1, 0.15) is 18.9 Å². The van der Waals surface area contributed by atoms with E-state index in [4.69, 9.17) is 13.9 Å². The summed E-state index contributed by atoms with van der Waals surface area (Å²) in [5, 5.41) is 5.25. The zero-order valence-electron chi connectivity index (χ0n) is 13.4. The van der Waals surface area contributed by atoms with Gasteiger partial charge in [-0.2, -0.15) is 0 Å². The molecule has 2 heterocycles. The Bertz CT molecular complexity index is 655. The fourth-order valence-corrected chi connectivity index (χ4v) is 1.76. The van der Waals surface area contributed by atoms with Gasteiger partial charge in [-0.15, -0.1) is 0 Å². The van der Waals surface area contributed by atoms with Gasteiger partial charge in [-0.05, 0) is 19.1 Å². The molecule has 128 valence electrons. The number of rotatable bonds is 8. The highest BCUT2D eigenvalue weighted by atomic mass is 16.5. The van der Waals surface area contributed by atoms with Crippen LogP contribution in [0, 0.1) is 0 Å². The van der Waals surface area contributed by atoms with E-state index in [1.54, 1.807) is 26.2 Å². The lowest BCUT2D eigenvalue weighted by Crippen LogP contribution is -2.41. The number of hydrogen-bond acceptors (Lipinski definition) is 6. The first kappa shape index (κ1) is 17.5. The molecule has 2 aromatic rings. The highest BCUT2D eigenvalue weighted by Crippen LogP contribution is 2.12. The van der Waals surface area contributed by atoms with Crippen LogP contribution in [0.25, 0.3) is 0 Å². The van der Waals surface area contributed by atoms with Crippen molar-refractivity contribution < 1.29 is 23.5 Å². The average molecular weight is 333 g/mol. The van der Waals surface area contributed by atoms with Gasteiger partial charge >= 0.3 is 0 Å². The number of pyridine rings is 1. The van der Waals surface area contributed by atoms with Crippen LogP contribution in [0.5, 0.6) is 5.88 Å². The summed E-state index contributed by atoms with van der Waals surface area (Å²) in [5.41, 5.74) is 0.859. The largest absolute Gasteiger partial charge is 0.475 e. The number of nitrogens with one attached hydrogen (secondary N) is 2. The first-order valence-electron chi connectivity index (χ1n) is 7.32. The summed E-state index contributed by atoms with van der Waals surface area (Å²) in [6.45, 7) is 2.45. The summed E-state index contributed by atoms with van der Waals surface area (Å²) < 4.78 is 15.0. The minimum Gasteiger partial charge on any atom is -0.475 e. The molecule has 0 unspecified atom stereocenters. The second-order valence-corrected chi connectivity index (χ2v) is 4.92. The molecule has 0 aromatic carbocycles. The van der Waals surface area contributed by atoms with Gasteiger partial charge in [0.25, 0.3) is 5.91 Å². The van der Waals surface area contributed by atoms with Crippen LogP contribution in [0.4, 0.5) is 5.69 Å². The number of furan rings is 1. The summed E-state index contributed by atoms with van der Waals surface area (Å²) in [4.78, 5) is 28.0. The minimum atomic E-state index is -0.718. The Morgan fingerprint density at radius 3 is 2.75 bits per heavy atom. The molecule has 0 aliphatic carbocycles. The first-order chi connectivity index (χ1) is 11.6. The van der Waals surface area contributed by atoms with Crippen molar-refractivity contribution in [1.82, 2.24) is 10.3 Å². The molecule has 2 N–H and O–H groups in total. The molecule has 0 saturated carbocycles. The standard InChI is InChI=1S/C16H19N3O5/c1-11(18-16(21)12-5-6-23-10-12)15(20)19-13-3-4-14(17-9-13)24-8-7-22-2/h3-6,9-11H,7-8H2,1-2H3,(H,18,21)(H,19,20)/t11-/m0/s1. The molecule has 0 aliphatic rings. The van der Waals surface area contributed by atoms with Gasteiger partial charge in [0.15, 0.2) is 0 Å². The topological polar surface area (TPSA) is 103 Å². The first-order valence-corrected chi connectivity index (χ1v) is 7.32. The Kier molecular flexibility index (Phi) is 6.32. The van der Waals surface area contributed by atoms with E-state index in [9.17, 15) is 9.59 Å². The Hall–Kier alpha value is -2.87. The molecule has 2 aromatic heterocycles. The third kappa shape index (κ3) is 5.10. The lowest BCUT2D eigenvalue weighted by atomic mass is 10.2. The average Bonchev–Trinajstić information content (AvgIpc) is 3.11. The van der Waals surface area contributed by atoms with E-state index in [2.05, 4.69) is 15.6 Å². The summed E-state index contributed by atoms with van der Waals surface area (Å²) in [6, 6.07) is 4.11. The lowest BCUT2D eigenvalue weighted by Gasteiger charge is -2.13. The molecular weight excluding hydrogens is 314 g/mol. The van der Waals surface area contributed by atoms with Crippen molar-refractivity contribution in [2.75, 3.05) is 25.6 Å². The molecule has 0 spiro atoms. The molecule has 0 aliphatic heterocycles. The van der Waals surface area contributed by atoms with Gasteiger partial charge in [-0.25, -0.2) is 4.98 Å². The quantitative estimate of drug-likeness (QED) is 0.709. The molecule has 0 radical (unpaired) electrons. The van der Waals surface area contributed by atoms with Crippen LogP contribution in [-0.4, -0.2) is 43.2 Å². The van der Waals surface area contributed by atoms with Crippen LogP contribution in [0.2, 0.25) is 0 Å². The van der Waals surface area contributed by atoms with E-state index in [0.717, 1.165) is 0 Å². The SMILES string of the molecule is COCCOc1ccc(NC(=O)[C@H](C)NC(=O)c2ccoc2)cn1. The predicted octanol–water partition coefficient (Wildman–Crippen LogP) is 1.46. The van der Waals surface area contributed by atoms with Gasteiger partial charge < -0.3 is 24.5 Å². The van der Waals surface area contributed by atoms with Crippen molar-refractivity contribution >= 4 is 17.5 Å². The maximum absolute atomic E-state index is 12.1. The van der Waals surface area contributed by atoms with Crippen molar-refractivity contribution in [2.24, 2.45) is 0 Å². The van der Waals surface area contributed by atoms with Crippen molar-refractivity contribution in [3.05, 3.63) is 42.5 Å². The molecule has 8 nitrogen and oxygen atoms in total. The molecule has 0 bridgehead atoms. The zero-order valence-corrected chi connectivity index (χ0v) is 13.4. The second-order valence-electron chi connectivity index (χ2n) is 4.92. The molecule has 24 heavy (non-hydrogen) atoms. The zero-order chi connectivity index (χ0) is 17.4. The number of methoxy groups -OCH3 is 1. The number of hydrogen-bond donors (Lipinski definition) is 2. The van der Waals surface area contributed by atoms with Crippen LogP contribution in [-0.2, 0) is 9.53 Å². The van der Waals surface area contributed by atoms with Crippen molar-refractivity contribution in [2.45, 2.75) is 13.0 Å². The third-order valence-electron chi connectivity index (χ3n) is 3.07. The third-order valence-corrected chi connectivity index (χ3v) is 3.07. The fraction of sp³-hybridized carbons (Fsp3) is 0.312. The summed E-state index contributed by atoms with van der Waals surface area (Å²) in [5.74, 6) is -0.306. The van der Waals surface area contributed by atoms with Gasteiger partial charge in [-0.3, -0.25) is 9.59 Å². The fourth-order valence-electron chi connectivity index (χ4n) is 1.76. The van der Waals surface area contributed by atoms with Crippen molar-refractivity contribution in [3.63, 3.8) is 0 Å². The summed E-state index contributed by atoms with van der Waals surface area (Å²) in [6.07, 6.45) is 4.18. The molecule has 0 saturated heterocycles. The Morgan fingerprint density at radius 2 is 2.12 bits per heavy atom. The summed E-state index contributed by atoms with van der Waals surface area (Å²) in [7, 11) is 1.59. The van der Waals surface area contributed by atoms with Crippen molar-refractivity contribution in [3.8, 4) is 5.88 Å². The van der Waals surface area contributed by atoms with E-state index < -0.39 is 6.04 Å². The minimum absolute atomic E-state index is 0.355. The van der Waals surface area contributed by atoms with Crippen molar-refractivity contribution in [1.29, 1.82) is 0 Å². The van der Waals surface area contributed by atoms with Gasteiger partial charge in [0, 0.05) is 13.2 Å². The molecule has 2 rings (SSSR count). The second kappa shape index (κ2) is 8.68. The smallest absolute Gasteiger partial charge is 0.255 e. The highest BCUT2D eigenvalue weighted by molar-refractivity contribution is 6.00. The molecule has 2 amide bonds. The normalized spacial score (nSPS) is 11.6. The van der Waals surface area contributed by atoms with E-state index in [0.29, 0.717) is 30.3 Å². The Labute approximate surface area is 139 Å². The maximum atomic E-state index is 12.1. The molecule has 8 heteroatoms.